The van der Waals surface area contributed by atoms with Gasteiger partial charge in [0.25, 0.3) is 11.5 Å². The highest BCUT2D eigenvalue weighted by atomic mass is 19.1. The van der Waals surface area contributed by atoms with Gasteiger partial charge in [0.2, 0.25) is 0 Å². The summed E-state index contributed by atoms with van der Waals surface area (Å²) in [5.41, 5.74) is 1.89. The fourth-order valence-corrected chi connectivity index (χ4v) is 2.79. The number of nitrogens with zero attached hydrogens (tertiary/aromatic N) is 2. The lowest BCUT2D eigenvalue weighted by atomic mass is 9.97. The van der Waals surface area contributed by atoms with Crippen LogP contribution in [0, 0.1) is 5.82 Å². The van der Waals surface area contributed by atoms with Crippen molar-refractivity contribution in [2.24, 2.45) is 0 Å². The monoisotopic (exact) mass is 345 g/mol. The molecule has 2 aromatic rings. The average molecular weight is 345 g/mol. The van der Waals surface area contributed by atoms with E-state index in [9.17, 15) is 14.0 Å². The lowest BCUT2D eigenvalue weighted by Crippen LogP contribution is -2.35. The number of fused-ring (bicyclic) bond motifs is 1. The molecule has 3 rings (SSSR count). The van der Waals surface area contributed by atoms with Gasteiger partial charge in [0.1, 0.15) is 11.6 Å². The van der Waals surface area contributed by atoms with Gasteiger partial charge >= 0.3 is 0 Å². The molecule has 1 N–H and O–H groups in total. The number of amides is 1. The highest BCUT2D eigenvalue weighted by Gasteiger charge is 2.13. The molecule has 1 aliphatic rings. The number of rotatable bonds is 6. The van der Waals surface area contributed by atoms with E-state index >= 15 is 0 Å². The summed E-state index contributed by atoms with van der Waals surface area (Å²) in [6.45, 7) is 0.434. The van der Waals surface area contributed by atoms with Crippen molar-refractivity contribution in [1.29, 1.82) is 0 Å². The quantitative estimate of drug-likeness (QED) is 0.860. The zero-order valence-electron chi connectivity index (χ0n) is 13.8. The summed E-state index contributed by atoms with van der Waals surface area (Å²) in [6.07, 6.45) is 4.00. The normalized spacial score (nSPS) is 13.2. The molecular formula is C18H20FN3O3. The number of hydrogen-bond donors (Lipinski definition) is 1. The zero-order chi connectivity index (χ0) is 17.6. The third kappa shape index (κ3) is 4.65. The number of hydrogen-bond acceptors (Lipinski definition) is 4. The fraction of sp³-hybridized carbons (Fsp3) is 0.389. The van der Waals surface area contributed by atoms with Crippen LogP contribution >= 0.6 is 0 Å². The van der Waals surface area contributed by atoms with Crippen molar-refractivity contribution >= 4 is 5.91 Å². The van der Waals surface area contributed by atoms with Crippen molar-refractivity contribution in [3.8, 4) is 5.75 Å². The summed E-state index contributed by atoms with van der Waals surface area (Å²) >= 11 is 0. The molecule has 1 amide bonds. The maximum absolute atomic E-state index is 12.8. The molecule has 132 valence electrons. The highest BCUT2D eigenvalue weighted by Crippen LogP contribution is 2.16. The van der Waals surface area contributed by atoms with Crippen LogP contribution in [0.5, 0.6) is 5.75 Å². The first-order valence-electron chi connectivity index (χ1n) is 8.37. The van der Waals surface area contributed by atoms with E-state index in [4.69, 9.17) is 4.74 Å². The summed E-state index contributed by atoms with van der Waals surface area (Å²) < 4.78 is 19.4. The molecule has 1 aliphatic carbocycles. The Kier molecular flexibility index (Phi) is 5.42. The smallest absolute Gasteiger partial charge is 0.267 e. The maximum atomic E-state index is 12.8. The number of aromatic nitrogens is 2. The summed E-state index contributed by atoms with van der Waals surface area (Å²) in [5.74, 6) is -0.251. The molecule has 0 saturated heterocycles. The number of carbonyl (C=O) groups is 1. The average Bonchev–Trinajstić information content (AvgIpc) is 2.61. The maximum Gasteiger partial charge on any atom is 0.267 e. The van der Waals surface area contributed by atoms with Crippen LogP contribution in [-0.4, -0.2) is 28.8 Å². The third-order valence-electron chi connectivity index (χ3n) is 4.10. The Labute approximate surface area is 144 Å². The van der Waals surface area contributed by atoms with Gasteiger partial charge in [0.05, 0.1) is 12.2 Å². The third-order valence-corrected chi connectivity index (χ3v) is 4.10. The summed E-state index contributed by atoms with van der Waals surface area (Å²) in [6, 6.07) is 7.10. The van der Waals surface area contributed by atoms with Gasteiger partial charge in [-0.05, 0) is 55.5 Å². The van der Waals surface area contributed by atoms with Crippen LogP contribution in [0.3, 0.4) is 0 Å². The second-order valence-corrected chi connectivity index (χ2v) is 5.98. The topological polar surface area (TPSA) is 73.2 Å². The van der Waals surface area contributed by atoms with Gasteiger partial charge in [-0.2, -0.15) is 5.10 Å². The minimum atomic E-state index is -0.361. The molecule has 0 aliphatic heterocycles. The van der Waals surface area contributed by atoms with Gasteiger partial charge in [0.15, 0.2) is 6.61 Å². The predicted octanol–water partition coefficient (Wildman–Crippen LogP) is 1.46. The van der Waals surface area contributed by atoms with E-state index in [2.05, 4.69) is 10.4 Å². The van der Waals surface area contributed by atoms with E-state index in [0.717, 1.165) is 36.9 Å². The second kappa shape index (κ2) is 7.92. The first-order chi connectivity index (χ1) is 12.1. The van der Waals surface area contributed by atoms with Gasteiger partial charge in [-0.1, -0.05) is 0 Å². The van der Waals surface area contributed by atoms with E-state index in [-0.39, 0.29) is 30.4 Å². The van der Waals surface area contributed by atoms with Crippen molar-refractivity contribution < 1.29 is 13.9 Å². The molecule has 0 saturated carbocycles. The summed E-state index contributed by atoms with van der Waals surface area (Å²) in [5, 5.41) is 7.08. The van der Waals surface area contributed by atoms with Crippen LogP contribution in [0.25, 0.3) is 0 Å². The summed E-state index contributed by atoms with van der Waals surface area (Å²) in [4.78, 5) is 23.8. The lowest BCUT2D eigenvalue weighted by Gasteiger charge is -2.16. The van der Waals surface area contributed by atoms with Crippen molar-refractivity contribution in [2.75, 3.05) is 13.2 Å². The molecule has 0 fully saturated rings. The largest absolute Gasteiger partial charge is 0.484 e. The Balaban J connectivity index is 1.47. The summed E-state index contributed by atoms with van der Waals surface area (Å²) in [7, 11) is 0. The highest BCUT2D eigenvalue weighted by molar-refractivity contribution is 5.77. The molecule has 0 spiro atoms. The number of carbonyl (C=O) groups excluding carboxylic acids is 1. The van der Waals surface area contributed by atoms with Crippen molar-refractivity contribution in [2.45, 2.75) is 32.2 Å². The van der Waals surface area contributed by atoms with Crippen molar-refractivity contribution in [3.05, 3.63) is 57.8 Å². The van der Waals surface area contributed by atoms with Crippen LogP contribution in [0.1, 0.15) is 24.1 Å². The molecule has 0 unspecified atom stereocenters. The van der Waals surface area contributed by atoms with Gasteiger partial charge in [-0.15, -0.1) is 0 Å². The molecule has 0 radical (unpaired) electrons. The van der Waals surface area contributed by atoms with Crippen LogP contribution in [0.4, 0.5) is 4.39 Å². The Morgan fingerprint density at radius 1 is 1.24 bits per heavy atom. The van der Waals surface area contributed by atoms with E-state index < -0.39 is 0 Å². The van der Waals surface area contributed by atoms with E-state index in [1.165, 1.54) is 28.9 Å². The SMILES string of the molecule is O=C(COc1ccc(F)cc1)NCCn1nc2c(cc1=O)CCCC2. The van der Waals surface area contributed by atoms with E-state index in [1.807, 2.05) is 0 Å². The van der Waals surface area contributed by atoms with E-state index in [1.54, 1.807) is 6.07 Å². The predicted molar refractivity (Wildman–Crippen MR) is 90.0 cm³/mol. The Bertz CT molecular complexity index is 802. The molecule has 1 aromatic heterocycles. The molecule has 7 heteroatoms. The zero-order valence-corrected chi connectivity index (χ0v) is 13.8. The molecule has 1 heterocycles. The van der Waals surface area contributed by atoms with Crippen LogP contribution in [0.2, 0.25) is 0 Å². The van der Waals surface area contributed by atoms with Gasteiger partial charge in [-0.25, -0.2) is 9.07 Å². The van der Waals surface area contributed by atoms with Gasteiger partial charge in [0, 0.05) is 12.6 Å². The minimum Gasteiger partial charge on any atom is -0.484 e. The molecular weight excluding hydrogens is 325 g/mol. The first kappa shape index (κ1) is 17.1. The number of benzene rings is 1. The van der Waals surface area contributed by atoms with Crippen molar-refractivity contribution in [3.63, 3.8) is 0 Å². The fourth-order valence-electron chi connectivity index (χ4n) is 2.79. The number of halogens is 1. The number of ether oxygens (including phenoxy) is 1. The van der Waals surface area contributed by atoms with Gasteiger partial charge < -0.3 is 10.1 Å². The van der Waals surface area contributed by atoms with Gasteiger partial charge in [-0.3, -0.25) is 9.59 Å². The number of nitrogens with one attached hydrogen (secondary N) is 1. The molecule has 0 bridgehead atoms. The Morgan fingerprint density at radius 2 is 2.00 bits per heavy atom. The second-order valence-electron chi connectivity index (χ2n) is 5.98. The van der Waals surface area contributed by atoms with Crippen molar-refractivity contribution in [1.82, 2.24) is 15.1 Å². The lowest BCUT2D eigenvalue weighted by molar-refractivity contribution is -0.123. The molecule has 1 aromatic carbocycles. The van der Waals surface area contributed by atoms with Crippen LogP contribution < -0.4 is 15.6 Å². The van der Waals surface area contributed by atoms with Crippen LogP contribution in [-0.2, 0) is 24.2 Å². The van der Waals surface area contributed by atoms with Crippen LogP contribution in [0.15, 0.2) is 35.1 Å². The standard InChI is InChI=1S/C18H20FN3O3/c19-14-5-7-15(8-6-14)25-12-17(23)20-9-10-22-18(24)11-13-3-1-2-4-16(13)21-22/h5-8,11H,1-4,9-10,12H2,(H,20,23). The molecule has 0 atom stereocenters. The molecule has 6 nitrogen and oxygen atoms in total. The Hall–Kier alpha value is -2.70. The minimum absolute atomic E-state index is 0.141. The number of aryl methyl sites for hydroxylation is 2. The molecule has 25 heavy (non-hydrogen) atoms. The Morgan fingerprint density at radius 3 is 2.80 bits per heavy atom. The first-order valence-corrected chi connectivity index (χ1v) is 8.37. The van der Waals surface area contributed by atoms with E-state index in [0.29, 0.717) is 12.3 Å².